The van der Waals surface area contributed by atoms with Gasteiger partial charge < -0.3 is 9.67 Å². The molecule has 7 heteroatoms. The van der Waals surface area contributed by atoms with Gasteiger partial charge in [-0.05, 0) is 30.6 Å². The summed E-state index contributed by atoms with van der Waals surface area (Å²) in [6, 6.07) is 5.66. The van der Waals surface area contributed by atoms with Crippen LogP contribution < -0.4 is 0 Å². The quantitative estimate of drug-likeness (QED) is 0.620. The lowest BCUT2D eigenvalue weighted by Crippen LogP contribution is -2.04. The van der Waals surface area contributed by atoms with Crippen LogP contribution in [-0.4, -0.2) is 38.4 Å². The van der Waals surface area contributed by atoms with Gasteiger partial charge in [0.05, 0.1) is 16.3 Å². The normalized spacial score (nSPS) is 11.1. The maximum Gasteiger partial charge on any atom is 0.313 e. The second-order valence-electron chi connectivity index (χ2n) is 4.18. The number of thioether (sulfide) groups is 2. The molecule has 0 atom stereocenters. The van der Waals surface area contributed by atoms with Crippen LogP contribution in [-0.2, 0) is 11.3 Å². The van der Waals surface area contributed by atoms with Crippen LogP contribution in [0.3, 0.4) is 0 Å². The van der Waals surface area contributed by atoms with Crippen molar-refractivity contribution < 1.29 is 9.90 Å². The van der Waals surface area contributed by atoms with Crippen LogP contribution in [0.2, 0.25) is 5.02 Å². The van der Waals surface area contributed by atoms with Gasteiger partial charge in [-0.15, -0.1) is 0 Å². The van der Waals surface area contributed by atoms with Crippen molar-refractivity contribution in [3.05, 3.63) is 23.2 Å². The fourth-order valence-corrected chi connectivity index (χ4v) is 3.29. The Kier molecular flexibility index (Phi) is 5.63. The molecule has 2 rings (SSSR count). The Morgan fingerprint density at radius 1 is 1.50 bits per heavy atom. The van der Waals surface area contributed by atoms with Crippen LogP contribution >= 0.6 is 35.1 Å². The molecule has 1 aromatic carbocycles. The fourth-order valence-electron chi connectivity index (χ4n) is 1.91. The zero-order chi connectivity index (χ0) is 14.5. The van der Waals surface area contributed by atoms with Crippen LogP contribution in [0.5, 0.6) is 0 Å². The highest BCUT2D eigenvalue weighted by molar-refractivity contribution is 7.99. The number of aliphatic carboxylic acids is 1. The molecule has 0 radical (unpaired) electrons. The maximum atomic E-state index is 10.7. The topological polar surface area (TPSA) is 55.1 Å². The van der Waals surface area contributed by atoms with Crippen molar-refractivity contribution >= 4 is 52.1 Å². The standard InChI is InChI=1S/C13H15ClN2O2S2/c1-19-7-3-6-16-10-5-2-4-9(14)12(10)15-13(16)20-8-11(17)18/h2,4-5H,3,6-8H2,1H3,(H,17,18). The number of imidazole rings is 1. The molecule has 0 saturated carbocycles. The van der Waals surface area contributed by atoms with E-state index in [2.05, 4.69) is 15.8 Å². The minimum Gasteiger partial charge on any atom is -0.481 e. The van der Waals surface area contributed by atoms with Crippen LogP contribution in [0.1, 0.15) is 6.42 Å². The average Bonchev–Trinajstić information content (AvgIpc) is 2.77. The molecule has 20 heavy (non-hydrogen) atoms. The molecular weight excluding hydrogens is 316 g/mol. The molecule has 0 aliphatic heterocycles. The van der Waals surface area contributed by atoms with E-state index >= 15 is 0 Å². The van der Waals surface area contributed by atoms with Crippen molar-refractivity contribution in [2.75, 3.05) is 17.8 Å². The second-order valence-corrected chi connectivity index (χ2v) is 6.52. The van der Waals surface area contributed by atoms with E-state index in [0.717, 1.165) is 34.9 Å². The Morgan fingerprint density at radius 2 is 2.30 bits per heavy atom. The van der Waals surface area contributed by atoms with Crippen LogP contribution in [0, 0.1) is 0 Å². The first-order valence-corrected chi connectivity index (χ1v) is 8.87. The summed E-state index contributed by atoms with van der Waals surface area (Å²) in [5.74, 6) is 0.219. The predicted octanol–water partition coefficient (Wildman–Crippen LogP) is 3.62. The number of halogens is 1. The third-order valence-corrected chi connectivity index (χ3v) is 4.71. The van der Waals surface area contributed by atoms with Gasteiger partial charge in [-0.25, -0.2) is 4.98 Å². The number of rotatable bonds is 7. The smallest absolute Gasteiger partial charge is 0.313 e. The number of fused-ring (bicyclic) bond motifs is 1. The van der Waals surface area contributed by atoms with Crippen molar-refractivity contribution in [1.29, 1.82) is 0 Å². The van der Waals surface area contributed by atoms with Gasteiger partial charge in [0.25, 0.3) is 0 Å². The zero-order valence-electron chi connectivity index (χ0n) is 11.0. The third-order valence-electron chi connectivity index (χ3n) is 2.75. The van der Waals surface area contributed by atoms with Crippen LogP contribution in [0.15, 0.2) is 23.4 Å². The highest BCUT2D eigenvalue weighted by atomic mass is 35.5. The molecule has 2 aromatic rings. The molecule has 0 aliphatic rings. The number of nitrogens with zero attached hydrogens (tertiary/aromatic N) is 2. The second kappa shape index (κ2) is 7.24. The monoisotopic (exact) mass is 330 g/mol. The molecule has 1 N–H and O–H groups in total. The summed E-state index contributed by atoms with van der Waals surface area (Å²) in [4.78, 5) is 15.2. The Hall–Kier alpha value is -0.850. The molecule has 1 aromatic heterocycles. The highest BCUT2D eigenvalue weighted by Gasteiger charge is 2.14. The molecular formula is C13H15ClN2O2S2. The summed E-state index contributed by atoms with van der Waals surface area (Å²) in [5.41, 5.74) is 1.71. The Labute approximate surface area is 130 Å². The van der Waals surface area contributed by atoms with Crippen molar-refractivity contribution in [3.63, 3.8) is 0 Å². The first-order chi connectivity index (χ1) is 9.63. The average molecular weight is 331 g/mol. The number of carboxylic acid groups (broad SMARTS) is 1. The van der Waals surface area contributed by atoms with E-state index < -0.39 is 5.97 Å². The van der Waals surface area contributed by atoms with E-state index in [4.69, 9.17) is 16.7 Å². The predicted molar refractivity (Wildman–Crippen MR) is 86.1 cm³/mol. The van der Waals surface area contributed by atoms with E-state index in [9.17, 15) is 4.79 Å². The maximum absolute atomic E-state index is 10.7. The summed E-state index contributed by atoms with van der Waals surface area (Å²) >= 11 is 9.19. The molecule has 0 amide bonds. The van der Waals surface area contributed by atoms with Gasteiger partial charge in [0.15, 0.2) is 5.16 Å². The van der Waals surface area contributed by atoms with Crippen LogP contribution in [0.25, 0.3) is 11.0 Å². The zero-order valence-corrected chi connectivity index (χ0v) is 13.4. The van der Waals surface area contributed by atoms with Gasteiger partial charge >= 0.3 is 5.97 Å². The first kappa shape index (κ1) is 15.5. The van der Waals surface area contributed by atoms with Crippen molar-refractivity contribution in [2.45, 2.75) is 18.1 Å². The van der Waals surface area contributed by atoms with E-state index in [0.29, 0.717) is 5.02 Å². The molecule has 0 fully saturated rings. The van der Waals surface area contributed by atoms with Gasteiger partial charge in [0.1, 0.15) is 5.52 Å². The molecule has 108 valence electrons. The molecule has 0 bridgehead atoms. The molecule has 4 nitrogen and oxygen atoms in total. The summed E-state index contributed by atoms with van der Waals surface area (Å²) < 4.78 is 2.06. The minimum atomic E-state index is -0.844. The molecule has 0 aliphatic carbocycles. The van der Waals surface area contributed by atoms with Crippen LogP contribution in [0.4, 0.5) is 0 Å². The lowest BCUT2D eigenvalue weighted by atomic mass is 10.3. The minimum absolute atomic E-state index is 0.00344. The van der Waals surface area contributed by atoms with Crippen molar-refractivity contribution in [2.24, 2.45) is 0 Å². The number of benzene rings is 1. The number of carboxylic acids is 1. The summed E-state index contributed by atoms with van der Waals surface area (Å²) in [5, 5.41) is 10.1. The summed E-state index contributed by atoms with van der Waals surface area (Å²) in [6.45, 7) is 0.819. The Morgan fingerprint density at radius 3 is 3.00 bits per heavy atom. The Balaban J connectivity index is 2.34. The molecule has 0 saturated heterocycles. The van der Waals surface area contributed by atoms with E-state index in [-0.39, 0.29) is 5.75 Å². The molecule has 0 unspecified atom stereocenters. The summed E-state index contributed by atoms with van der Waals surface area (Å²) in [7, 11) is 0. The summed E-state index contributed by atoms with van der Waals surface area (Å²) in [6.07, 6.45) is 3.09. The number of carbonyl (C=O) groups is 1. The number of aromatic nitrogens is 2. The van der Waals surface area contributed by atoms with Gasteiger partial charge in [-0.2, -0.15) is 11.8 Å². The van der Waals surface area contributed by atoms with Gasteiger partial charge in [-0.3, -0.25) is 4.79 Å². The van der Waals surface area contributed by atoms with Gasteiger partial charge in [-0.1, -0.05) is 29.4 Å². The number of aryl methyl sites for hydroxylation is 1. The van der Waals surface area contributed by atoms with Gasteiger partial charge in [0, 0.05) is 6.54 Å². The van der Waals surface area contributed by atoms with Gasteiger partial charge in [0.2, 0.25) is 0 Å². The van der Waals surface area contributed by atoms with Crippen molar-refractivity contribution in [1.82, 2.24) is 9.55 Å². The lowest BCUT2D eigenvalue weighted by Gasteiger charge is -2.07. The van der Waals surface area contributed by atoms with E-state index in [1.165, 1.54) is 11.8 Å². The third kappa shape index (κ3) is 3.62. The van der Waals surface area contributed by atoms with E-state index in [1.54, 1.807) is 17.8 Å². The molecule has 0 spiro atoms. The largest absolute Gasteiger partial charge is 0.481 e. The highest BCUT2D eigenvalue weighted by Crippen LogP contribution is 2.29. The fraction of sp³-hybridized carbons (Fsp3) is 0.385. The van der Waals surface area contributed by atoms with E-state index in [1.807, 2.05) is 12.1 Å². The van der Waals surface area contributed by atoms with Crippen molar-refractivity contribution in [3.8, 4) is 0 Å². The Bertz CT molecular complexity index is 616. The number of hydrogen-bond acceptors (Lipinski definition) is 4. The first-order valence-electron chi connectivity index (χ1n) is 6.11. The SMILES string of the molecule is CSCCCn1c(SCC(=O)O)nc2c(Cl)cccc21. The molecule has 1 heterocycles. The number of para-hydroxylation sites is 1. The number of hydrogen-bond donors (Lipinski definition) is 1. The lowest BCUT2D eigenvalue weighted by molar-refractivity contribution is -0.133.